The van der Waals surface area contributed by atoms with Gasteiger partial charge in [0.25, 0.3) is 0 Å². The van der Waals surface area contributed by atoms with E-state index in [-0.39, 0.29) is 11.1 Å². The van der Waals surface area contributed by atoms with Gasteiger partial charge in [0.1, 0.15) is 10.4 Å². The van der Waals surface area contributed by atoms with Crippen molar-refractivity contribution in [1.29, 1.82) is 0 Å². The Hall–Kier alpha value is -1.33. The number of carboxylic acid groups (broad SMARTS) is 1. The molecule has 18 heavy (non-hydrogen) atoms. The number of fused-ring (bicyclic) bond motifs is 1. The first kappa shape index (κ1) is 13.1. The van der Waals surface area contributed by atoms with Crippen molar-refractivity contribution in [2.45, 2.75) is 26.3 Å². The zero-order chi connectivity index (χ0) is 13.7. The Morgan fingerprint density at radius 2 is 2.06 bits per heavy atom. The molecule has 2 heterocycles. The normalized spacial score (nSPS) is 12.0. The molecular formula is C12H12ClNO3S. The zero-order valence-electron chi connectivity index (χ0n) is 10.2. The lowest BCUT2D eigenvalue weighted by Crippen LogP contribution is -2.26. The number of pyridine rings is 1. The number of halogens is 1. The summed E-state index contributed by atoms with van der Waals surface area (Å²) in [4.78, 5) is 23.8. The van der Waals surface area contributed by atoms with Crippen LogP contribution in [-0.2, 0) is 5.54 Å². The van der Waals surface area contributed by atoms with E-state index in [4.69, 9.17) is 16.7 Å². The first-order valence-electron chi connectivity index (χ1n) is 5.30. The van der Waals surface area contributed by atoms with Crippen molar-refractivity contribution in [3.8, 4) is 0 Å². The highest BCUT2D eigenvalue weighted by atomic mass is 35.5. The van der Waals surface area contributed by atoms with Crippen LogP contribution in [0.15, 0.2) is 17.1 Å². The number of aromatic carboxylic acids is 1. The van der Waals surface area contributed by atoms with Crippen molar-refractivity contribution in [3.63, 3.8) is 0 Å². The maximum absolute atomic E-state index is 12.0. The van der Waals surface area contributed by atoms with Crippen LogP contribution in [-0.4, -0.2) is 15.6 Å². The largest absolute Gasteiger partial charge is 0.477 e. The molecule has 2 aromatic rings. The molecule has 1 N–H and O–H groups in total. The summed E-state index contributed by atoms with van der Waals surface area (Å²) < 4.78 is 2.26. The van der Waals surface area contributed by atoms with Gasteiger partial charge in [-0.1, -0.05) is 11.6 Å². The Labute approximate surface area is 112 Å². The Kier molecular flexibility index (Phi) is 2.99. The molecule has 0 amide bonds. The molecule has 0 saturated carbocycles. The molecule has 6 heteroatoms. The third-order valence-electron chi connectivity index (χ3n) is 2.60. The molecule has 0 saturated heterocycles. The van der Waals surface area contributed by atoms with Crippen molar-refractivity contribution in [3.05, 3.63) is 32.4 Å². The monoisotopic (exact) mass is 285 g/mol. The molecule has 0 radical (unpaired) electrons. The molecule has 0 fully saturated rings. The van der Waals surface area contributed by atoms with E-state index >= 15 is 0 Å². The molecule has 0 aliphatic heterocycles. The van der Waals surface area contributed by atoms with Gasteiger partial charge in [0.15, 0.2) is 0 Å². The summed E-state index contributed by atoms with van der Waals surface area (Å²) in [6.45, 7) is 5.82. The standard InChI is InChI=1S/C12H12ClNO3S/c1-12(2,3)14-5-7(11(16)17)9(15)6-4-8(13)18-10(6)14/h4-5H,1-3H3,(H,16,17). The third kappa shape index (κ3) is 2.04. The third-order valence-corrected chi connectivity index (χ3v) is 3.87. The Bertz CT molecular complexity index is 694. The van der Waals surface area contributed by atoms with Gasteiger partial charge in [-0.25, -0.2) is 4.79 Å². The van der Waals surface area contributed by atoms with Gasteiger partial charge in [-0.15, -0.1) is 11.3 Å². The first-order chi connectivity index (χ1) is 8.21. The van der Waals surface area contributed by atoms with Gasteiger partial charge in [0.2, 0.25) is 5.43 Å². The first-order valence-corrected chi connectivity index (χ1v) is 6.49. The average Bonchev–Trinajstić information content (AvgIpc) is 2.58. The van der Waals surface area contributed by atoms with E-state index in [9.17, 15) is 9.59 Å². The van der Waals surface area contributed by atoms with Crippen molar-refractivity contribution >= 4 is 39.1 Å². The number of hydrogen-bond acceptors (Lipinski definition) is 3. The van der Waals surface area contributed by atoms with Crippen molar-refractivity contribution in [2.75, 3.05) is 0 Å². The smallest absolute Gasteiger partial charge is 0.341 e. The summed E-state index contributed by atoms with van der Waals surface area (Å²) in [5, 5.41) is 9.44. The lowest BCUT2D eigenvalue weighted by molar-refractivity contribution is 0.0694. The highest BCUT2D eigenvalue weighted by molar-refractivity contribution is 7.22. The summed E-state index contributed by atoms with van der Waals surface area (Å²) >= 11 is 7.20. The van der Waals surface area contributed by atoms with Crippen LogP contribution in [0.3, 0.4) is 0 Å². The second-order valence-corrected chi connectivity index (χ2v) is 6.65. The van der Waals surface area contributed by atoms with E-state index in [1.54, 1.807) is 4.57 Å². The number of rotatable bonds is 1. The van der Waals surface area contributed by atoms with Crippen LogP contribution in [0, 0.1) is 0 Å². The van der Waals surface area contributed by atoms with Crippen molar-refractivity contribution < 1.29 is 9.90 Å². The number of thiophene rings is 1. The van der Waals surface area contributed by atoms with Crippen LogP contribution >= 0.6 is 22.9 Å². The summed E-state index contributed by atoms with van der Waals surface area (Å²) in [5.41, 5.74) is -1.04. The molecule has 2 aromatic heterocycles. The molecule has 0 aliphatic carbocycles. The fraction of sp³-hybridized carbons (Fsp3) is 0.333. The van der Waals surface area contributed by atoms with Crippen LogP contribution in [0.5, 0.6) is 0 Å². The lowest BCUT2D eigenvalue weighted by atomic mass is 10.1. The minimum atomic E-state index is -1.22. The maximum atomic E-state index is 12.0. The van der Waals surface area contributed by atoms with Gasteiger partial charge in [-0.05, 0) is 26.8 Å². The van der Waals surface area contributed by atoms with Crippen LogP contribution in [0.4, 0.5) is 0 Å². The molecule has 0 spiro atoms. The molecular weight excluding hydrogens is 274 g/mol. The van der Waals surface area contributed by atoms with E-state index in [1.165, 1.54) is 23.6 Å². The number of aromatic nitrogens is 1. The SMILES string of the molecule is CC(C)(C)n1cc(C(=O)O)c(=O)c2cc(Cl)sc21. The molecule has 0 aromatic carbocycles. The molecule has 4 nitrogen and oxygen atoms in total. The van der Waals surface area contributed by atoms with Gasteiger partial charge in [-0.2, -0.15) is 0 Å². The quantitative estimate of drug-likeness (QED) is 0.875. The zero-order valence-corrected chi connectivity index (χ0v) is 11.7. The summed E-state index contributed by atoms with van der Waals surface area (Å²) in [5.74, 6) is -1.22. The highest BCUT2D eigenvalue weighted by Gasteiger charge is 2.22. The molecule has 0 aliphatic rings. The predicted molar refractivity (Wildman–Crippen MR) is 73.1 cm³/mol. The Balaban J connectivity index is 2.98. The van der Waals surface area contributed by atoms with E-state index in [0.717, 1.165) is 0 Å². The molecule has 0 atom stereocenters. The number of carbonyl (C=O) groups is 1. The highest BCUT2D eigenvalue weighted by Crippen LogP contribution is 2.31. The van der Waals surface area contributed by atoms with Crippen LogP contribution in [0.2, 0.25) is 4.34 Å². The van der Waals surface area contributed by atoms with Gasteiger partial charge in [0, 0.05) is 11.7 Å². The van der Waals surface area contributed by atoms with Crippen LogP contribution < -0.4 is 5.43 Å². The number of hydrogen-bond donors (Lipinski definition) is 1. The van der Waals surface area contributed by atoms with E-state index in [0.29, 0.717) is 14.6 Å². The summed E-state index contributed by atoms with van der Waals surface area (Å²) in [6.07, 6.45) is 1.39. The minimum absolute atomic E-state index is 0.230. The van der Waals surface area contributed by atoms with Crippen molar-refractivity contribution in [1.82, 2.24) is 4.57 Å². The molecule has 96 valence electrons. The Morgan fingerprint density at radius 1 is 1.44 bits per heavy atom. The Morgan fingerprint density at radius 3 is 2.56 bits per heavy atom. The van der Waals surface area contributed by atoms with E-state index in [2.05, 4.69) is 0 Å². The van der Waals surface area contributed by atoms with Gasteiger partial charge in [-0.3, -0.25) is 4.79 Å². The van der Waals surface area contributed by atoms with Gasteiger partial charge >= 0.3 is 5.97 Å². The van der Waals surface area contributed by atoms with E-state index in [1.807, 2.05) is 20.8 Å². The van der Waals surface area contributed by atoms with Crippen LogP contribution in [0.1, 0.15) is 31.1 Å². The second-order valence-electron chi connectivity index (χ2n) is 4.99. The summed E-state index contributed by atoms with van der Waals surface area (Å²) in [6, 6.07) is 1.53. The van der Waals surface area contributed by atoms with Crippen molar-refractivity contribution in [2.24, 2.45) is 0 Å². The minimum Gasteiger partial charge on any atom is -0.477 e. The fourth-order valence-corrected chi connectivity index (χ4v) is 3.11. The fourth-order valence-electron chi connectivity index (χ4n) is 1.74. The molecule has 0 bridgehead atoms. The average molecular weight is 286 g/mol. The molecule has 2 rings (SSSR count). The number of nitrogens with zero attached hydrogens (tertiary/aromatic N) is 1. The molecule has 0 unspecified atom stereocenters. The van der Waals surface area contributed by atoms with E-state index < -0.39 is 11.4 Å². The predicted octanol–water partition coefficient (Wildman–Crippen LogP) is 3.17. The summed E-state index contributed by atoms with van der Waals surface area (Å²) in [7, 11) is 0. The lowest BCUT2D eigenvalue weighted by Gasteiger charge is -2.24. The second kappa shape index (κ2) is 4.10. The van der Waals surface area contributed by atoms with Crippen LogP contribution in [0.25, 0.3) is 10.2 Å². The number of carboxylic acids is 1. The maximum Gasteiger partial charge on any atom is 0.341 e. The van der Waals surface area contributed by atoms with Gasteiger partial charge in [0.05, 0.1) is 9.72 Å². The van der Waals surface area contributed by atoms with Gasteiger partial charge < -0.3 is 9.67 Å². The topological polar surface area (TPSA) is 59.3 Å².